The lowest BCUT2D eigenvalue weighted by Gasteiger charge is -2.15. The summed E-state index contributed by atoms with van der Waals surface area (Å²) in [6, 6.07) is 6.50. The minimum Gasteiger partial charge on any atom is -0.492 e. The molecule has 112 valence electrons. The van der Waals surface area contributed by atoms with E-state index in [-0.39, 0.29) is 11.7 Å². The van der Waals surface area contributed by atoms with E-state index in [2.05, 4.69) is 5.32 Å². The number of carbonyl (C=O) groups excluding carboxylic acids is 1. The number of furan rings is 1. The van der Waals surface area contributed by atoms with Crippen LogP contribution in [0.2, 0.25) is 0 Å². The second kappa shape index (κ2) is 6.69. The summed E-state index contributed by atoms with van der Waals surface area (Å²) in [5, 5.41) is 2.73. The summed E-state index contributed by atoms with van der Waals surface area (Å²) in [5.41, 5.74) is 6.83. The van der Waals surface area contributed by atoms with Gasteiger partial charge in [-0.3, -0.25) is 4.79 Å². The van der Waals surface area contributed by atoms with Crippen molar-refractivity contribution >= 4 is 17.3 Å². The summed E-state index contributed by atoms with van der Waals surface area (Å²) in [6.45, 7) is 4.64. The fraction of sp³-hybridized carbons (Fsp3) is 0.267. The number of rotatable bonds is 6. The van der Waals surface area contributed by atoms with Crippen LogP contribution in [0.3, 0.4) is 0 Å². The van der Waals surface area contributed by atoms with Gasteiger partial charge in [0.2, 0.25) is 0 Å². The van der Waals surface area contributed by atoms with Crippen LogP contribution in [0.15, 0.2) is 34.9 Å². The van der Waals surface area contributed by atoms with Crippen LogP contribution in [0.1, 0.15) is 24.4 Å². The number of nitrogens with two attached hydrogens (primary N) is 1. The molecule has 0 unspecified atom stereocenters. The molecular weight excluding hydrogens is 272 g/mol. The van der Waals surface area contributed by atoms with E-state index in [1.54, 1.807) is 24.3 Å². The van der Waals surface area contributed by atoms with E-state index in [4.69, 9.17) is 19.6 Å². The molecule has 1 aromatic heterocycles. The first-order chi connectivity index (χ1) is 10.2. The molecular formula is C15H18N2O4. The highest BCUT2D eigenvalue weighted by atomic mass is 16.5. The number of ether oxygens (including phenoxy) is 2. The molecule has 0 radical (unpaired) electrons. The third kappa shape index (κ3) is 3.47. The van der Waals surface area contributed by atoms with Gasteiger partial charge in [0.05, 0.1) is 30.9 Å². The molecule has 21 heavy (non-hydrogen) atoms. The Bertz CT molecular complexity index is 608. The zero-order valence-electron chi connectivity index (χ0n) is 12.0. The van der Waals surface area contributed by atoms with Crippen molar-refractivity contribution in [2.75, 3.05) is 24.3 Å². The average molecular weight is 290 g/mol. The van der Waals surface area contributed by atoms with E-state index in [0.717, 1.165) is 0 Å². The largest absolute Gasteiger partial charge is 0.492 e. The van der Waals surface area contributed by atoms with Gasteiger partial charge >= 0.3 is 0 Å². The number of benzene rings is 1. The lowest BCUT2D eigenvalue weighted by molar-refractivity contribution is 0.0996. The Kier molecular flexibility index (Phi) is 4.71. The van der Waals surface area contributed by atoms with E-state index < -0.39 is 0 Å². The molecule has 2 aromatic rings. The fourth-order valence-electron chi connectivity index (χ4n) is 1.82. The van der Waals surface area contributed by atoms with Crippen molar-refractivity contribution in [1.82, 2.24) is 0 Å². The SMILES string of the molecule is CCOc1cc(NC(=O)c2ccco2)c(OCC)cc1N. The van der Waals surface area contributed by atoms with Gasteiger partial charge in [-0.05, 0) is 26.0 Å². The number of nitrogen functional groups attached to an aromatic ring is 1. The minimum absolute atomic E-state index is 0.215. The lowest BCUT2D eigenvalue weighted by atomic mass is 10.2. The normalized spacial score (nSPS) is 10.2. The first-order valence-corrected chi connectivity index (χ1v) is 6.69. The van der Waals surface area contributed by atoms with Crippen molar-refractivity contribution in [3.63, 3.8) is 0 Å². The van der Waals surface area contributed by atoms with Crippen LogP contribution < -0.4 is 20.5 Å². The van der Waals surface area contributed by atoms with Crippen LogP contribution in [0, 0.1) is 0 Å². The van der Waals surface area contributed by atoms with Crippen molar-refractivity contribution in [2.45, 2.75) is 13.8 Å². The predicted molar refractivity (Wildman–Crippen MR) is 79.9 cm³/mol. The minimum atomic E-state index is -0.367. The second-order valence-electron chi connectivity index (χ2n) is 4.18. The standard InChI is InChI=1S/C15H18N2O4/c1-3-19-13-9-11(14(20-4-2)8-10(13)16)17-15(18)12-6-5-7-21-12/h5-9H,3-4,16H2,1-2H3,(H,17,18). The highest BCUT2D eigenvalue weighted by Gasteiger charge is 2.15. The summed E-state index contributed by atoms with van der Waals surface area (Å²) < 4.78 is 16.0. The molecule has 3 N–H and O–H groups in total. The molecule has 0 saturated carbocycles. The predicted octanol–water partition coefficient (Wildman–Crippen LogP) is 2.91. The van der Waals surface area contributed by atoms with Gasteiger partial charge in [-0.2, -0.15) is 0 Å². The van der Waals surface area contributed by atoms with Gasteiger partial charge in [-0.25, -0.2) is 0 Å². The highest BCUT2D eigenvalue weighted by molar-refractivity contribution is 6.03. The summed E-state index contributed by atoms with van der Waals surface area (Å²) in [7, 11) is 0. The van der Waals surface area contributed by atoms with Crippen LogP contribution in [-0.4, -0.2) is 19.1 Å². The molecule has 1 amide bonds. The van der Waals surface area contributed by atoms with Crippen molar-refractivity contribution in [1.29, 1.82) is 0 Å². The van der Waals surface area contributed by atoms with E-state index >= 15 is 0 Å². The Hall–Kier alpha value is -2.63. The molecule has 0 aliphatic heterocycles. The zero-order chi connectivity index (χ0) is 15.2. The van der Waals surface area contributed by atoms with Gasteiger partial charge in [-0.1, -0.05) is 0 Å². The van der Waals surface area contributed by atoms with E-state index in [1.807, 2.05) is 13.8 Å². The van der Waals surface area contributed by atoms with Crippen molar-refractivity contribution in [3.05, 3.63) is 36.3 Å². The summed E-state index contributed by atoms with van der Waals surface area (Å²) >= 11 is 0. The van der Waals surface area contributed by atoms with Gasteiger partial charge < -0.3 is 24.9 Å². The zero-order valence-corrected chi connectivity index (χ0v) is 12.0. The number of hydrogen-bond acceptors (Lipinski definition) is 5. The molecule has 0 bridgehead atoms. The van der Waals surface area contributed by atoms with Gasteiger partial charge in [0.15, 0.2) is 5.76 Å². The fourth-order valence-corrected chi connectivity index (χ4v) is 1.82. The van der Waals surface area contributed by atoms with E-state index in [1.165, 1.54) is 6.26 Å². The molecule has 0 saturated heterocycles. The summed E-state index contributed by atoms with van der Waals surface area (Å²) in [4.78, 5) is 12.1. The molecule has 0 aliphatic carbocycles. The number of carbonyl (C=O) groups is 1. The Morgan fingerprint density at radius 2 is 1.95 bits per heavy atom. The Morgan fingerprint density at radius 3 is 2.57 bits per heavy atom. The van der Waals surface area contributed by atoms with Crippen molar-refractivity contribution in [2.24, 2.45) is 0 Å². The van der Waals surface area contributed by atoms with Crippen molar-refractivity contribution in [3.8, 4) is 11.5 Å². The van der Waals surface area contributed by atoms with Crippen LogP contribution in [0.25, 0.3) is 0 Å². The van der Waals surface area contributed by atoms with Gasteiger partial charge in [0.1, 0.15) is 11.5 Å². The molecule has 0 spiro atoms. The molecule has 2 rings (SSSR count). The third-order valence-corrected chi connectivity index (χ3v) is 2.70. The molecule has 1 heterocycles. The van der Waals surface area contributed by atoms with Gasteiger partial charge in [0, 0.05) is 12.1 Å². The molecule has 1 aromatic carbocycles. The van der Waals surface area contributed by atoms with Crippen LogP contribution in [0.4, 0.5) is 11.4 Å². The average Bonchev–Trinajstić information content (AvgIpc) is 2.98. The molecule has 0 aliphatic rings. The number of amides is 1. The van der Waals surface area contributed by atoms with Crippen LogP contribution >= 0.6 is 0 Å². The molecule has 6 nitrogen and oxygen atoms in total. The van der Waals surface area contributed by atoms with Crippen LogP contribution in [-0.2, 0) is 0 Å². The maximum Gasteiger partial charge on any atom is 0.291 e. The van der Waals surface area contributed by atoms with Crippen LogP contribution in [0.5, 0.6) is 11.5 Å². The Morgan fingerprint density at radius 1 is 1.24 bits per heavy atom. The quantitative estimate of drug-likeness (QED) is 0.799. The molecule has 0 atom stereocenters. The third-order valence-electron chi connectivity index (χ3n) is 2.70. The maximum atomic E-state index is 12.1. The first-order valence-electron chi connectivity index (χ1n) is 6.69. The topological polar surface area (TPSA) is 86.7 Å². The first kappa shape index (κ1) is 14.8. The summed E-state index contributed by atoms with van der Waals surface area (Å²) in [6.07, 6.45) is 1.44. The Balaban J connectivity index is 2.30. The summed E-state index contributed by atoms with van der Waals surface area (Å²) in [5.74, 6) is 0.828. The van der Waals surface area contributed by atoms with E-state index in [0.29, 0.717) is 36.1 Å². The van der Waals surface area contributed by atoms with E-state index in [9.17, 15) is 4.79 Å². The second-order valence-corrected chi connectivity index (χ2v) is 4.18. The number of anilines is 2. The van der Waals surface area contributed by atoms with Gasteiger partial charge in [-0.15, -0.1) is 0 Å². The van der Waals surface area contributed by atoms with Crippen molar-refractivity contribution < 1.29 is 18.7 Å². The highest BCUT2D eigenvalue weighted by Crippen LogP contribution is 2.35. The van der Waals surface area contributed by atoms with Gasteiger partial charge in [0.25, 0.3) is 5.91 Å². The molecule has 6 heteroatoms. The smallest absolute Gasteiger partial charge is 0.291 e. The maximum absolute atomic E-state index is 12.1. The number of nitrogens with one attached hydrogen (secondary N) is 1. The monoisotopic (exact) mass is 290 g/mol. The lowest BCUT2D eigenvalue weighted by Crippen LogP contribution is -2.13. The molecule has 0 fully saturated rings. The number of hydrogen-bond donors (Lipinski definition) is 2. The Labute approximate surface area is 122 Å².